The first kappa shape index (κ1) is 10.5. The molecule has 0 aromatic heterocycles. The Labute approximate surface area is 85.3 Å². The van der Waals surface area contributed by atoms with Crippen LogP contribution in [0.25, 0.3) is 0 Å². The number of hydrogen-bond acceptors (Lipinski definition) is 3. The SMILES string of the molecule is C[C@@H](O)[C@H](N)c1ccc(O)c(Br)c1. The summed E-state index contributed by atoms with van der Waals surface area (Å²) >= 11 is 3.18. The molecule has 1 rings (SSSR count). The van der Waals surface area contributed by atoms with E-state index >= 15 is 0 Å². The van der Waals surface area contributed by atoms with Gasteiger partial charge in [-0.3, -0.25) is 0 Å². The number of benzene rings is 1. The first-order chi connectivity index (χ1) is 6.02. The van der Waals surface area contributed by atoms with Crippen molar-refractivity contribution in [3.63, 3.8) is 0 Å². The van der Waals surface area contributed by atoms with Crippen LogP contribution in [0.1, 0.15) is 18.5 Å². The number of phenolic OH excluding ortho intramolecular Hbond substituents is 1. The Balaban J connectivity index is 2.97. The van der Waals surface area contributed by atoms with Crippen molar-refractivity contribution in [2.75, 3.05) is 0 Å². The smallest absolute Gasteiger partial charge is 0.129 e. The minimum atomic E-state index is -0.601. The van der Waals surface area contributed by atoms with Crippen LogP contribution in [-0.2, 0) is 0 Å². The summed E-state index contributed by atoms with van der Waals surface area (Å²) in [5.74, 6) is 0.168. The van der Waals surface area contributed by atoms with E-state index in [1.165, 1.54) is 0 Å². The van der Waals surface area contributed by atoms with E-state index in [0.717, 1.165) is 5.56 Å². The van der Waals surface area contributed by atoms with Gasteiger partial charge in [-0.2, -0.15) is 0 Å². The topological polar surface area (TPSA) is 66.5 Å². The summed E-state index contributed by atoms with van der Waals surface area (Å²) in [5, 5.41) is 18.4. The Morgan fingerprint density at radius 3 is 2.54 bits per heavy atom. The molecule has 4 heteroatoms. The second-order valence-corrected chi connectivity index (χ2v) is 3.83. The molecule has 0 saturated carbocycles. The molecule has 0 aliphatic carbocycles. The van der Waals surface area contributed by atoms with Crippen molar-refractivity contribution in [1.82, 2.24) is 0 Å². The zero-order valence-electron chi connectivity index (χ0n) is 7.24. The van der Waals surface area contributed by atoms with Crippen molar-refractivity contribution in [2.24, 2.45) is 5.73 Å². The number of rotatable bonds is 2. The van der Waals surface area contributed by atoms with Crippen LogP contribution >= 0.6 is 15.9 Å². The Bertz CT molecular complexity index is 302. The number of aromatic hydroxyl groups is 1. The van der Waals surface area contributed by atoms with Crippen molar-refractivity contribution in [1.29, 1.82) is 0 Å². The first-order valence-corrected chi connectivity index (χ1v) is 4.73. The van der Waals surface area contributed by atoms with Crippen molar-refractivity contribution in [3.8, 4) is 5.75 Å². The highest BCUT2D eigenvalue weighted by Crippen LogP contribution is 2.27. The van der Waals surface area contributed by atoms with E-state index in [1.807, 2.05) is 0 Å². The zero-order valence-corrected chi connectivity index (χ0v) is 8.82. The van der Waals surface area contributed by atoms with Gasteiger partial charge in [0, 0.05) is 0 Å². The van der Waals surface area contributed by atoms with Gasteiger partial charge in [-0.25, -0.2) is 0 Å². The molecule has 0 saturated heterocycles. The number of aliphatic hydroxyl groups is 1. The van der Waals surface area contributed by atoms with E-state index in [2.05, 4.69) is 15.9 Å². The lowest BCUT2D eigenvalue weighted by molar-refractivity contribution is 0.164. The molecular weight excluding hydrogens is 234 g/mol. The van der Waals surface area contributed by atoms with Crippen LogP contribution in [0.2, 0.25) is 0 Å². The van der Waals surface area contributed by atoms with Crippen LogP contribution < -0.4 is 5.73 Å². The van der Waals surface area contributed by atoms with Crippen LogP contribution in [0.15, 0.2) is 22.7 Å². The highest BCUT2D eigenvalue weighted by Gasteiger charge is 2.12. The molecule has 0 amide bonds. The summed E-state index contributed by atoms with van der Waals surface area (Å²) in [6, 6.07) is 4.52. The molecule has 13 heavy (non-hydrogen) atoms. The monoisotopic (exact) mass is 245 g/mol. The molecule has 1 aromatic rings. The maximum atomic E-state index is 9.23. The Morgan fingerprint density at radius 2 is 2.08 bits per heavy atom. The molecule has 1 aromatic carbocycles. The van der Waals surface area contributed by atoms with Gasteiger partial charge in [0.05, 0.1) is 16.6 Å². The molecule has 72 valence electrons. The lowest BCUT2D eigenvalue weighted by Gasteiger charge is -2.15. The van der Waals surface area contributed by atoms with Crippen LogP contribution in [0, 0.1) is 0 Å². The van der Waals surface area contributed by atoms with Gasteiger partial charge in [0.15, 0.2) is 0 Å². The second-order valence-electron chi connectivity index (χ2n) is 2.98. The van der Waals surface area contributed by atoms with Gasteiger partial charge < -0.3 is 15.9 Å². The summed E-state index contributed by atoms with van der Waals surface area (Å²) in [6.45, 7) is 1.63. The van der Waals surface area contributed by atoms with Gasteiger partial charge in [-0.15, -0.1) is 0 Å². The number of hydrogen-bond donors (Lipinski definition) is 3. The van der Waals surface area contributed by atoms with Crippen LogP contribution in [-0.4, -0.2) is 16.3 Å². The van der Waals surface area contributed by atoms with Crippen LogP contribution in [0.4, 0.5) is 0 Å². The molecular formula is C9H12BrNO2. The van der Waals surface area contributed by atoms with E-state index < -0.39 is 12.1 Å². The molecule has 0 radical (unpaired) electrons. The van der Waals surface area contributed by atoms with Gasteiger partial charge in [-0.1, -0.05) is 6.07 Å². The Morgan fingerprint density at radius 1 is 1.46 bits per heavy atom. The van der Waals surface area contributed by atoms with E-state index in [1.54, 1.807) is 25.1 Å². The Kier molecular flexibility index (Phi) is 3.30. The van der Waals surface area contributed by atoms with Crippen molar-refractivity contribution < 1.29 is 10.2 Å². The third-order valence-corrected chi connectivity index (χ3v) is 2.51. The molecule has 0 aliphatic rings. The molecule has 0 fully saturated rings. The average molecular weight is 246 g/mol. The highest BCUT2D eigenvalue weighted by molar-refractivity contribution is 9.10. The van der Waals surface area contributed by atoms with E-state index in [-0.39, 0.29) is 5.75 Å². The van der Waals surface area contributed by atoms with Gasteiger partial charge in [0.2, 0.25) is 0 Å². The summed E-state index contributed by atoms with van der Waals surface area (Å²) in [5.41, 5.74) is 6.50. The minimum absolute atomic E-state index is 0.168. The number of nitrogens with two attached hydrogens (primary N) is 1. The first-order valence-electron chi connectivity index (χ1n) is 3.94. The van der Waals surface area contributed by atoms with Crippen molar-refractivity contribution >= 4 is 15.9 Å². The van der Waals surface area contributed by atoms with Gasteiger partial charge in [0.1, 0.15) is 5.75 Å². The second kappa shape index (κ2) is 4.09. The largest absolute Gasteiger partial charge is 0.507 e. The summed E-state index contributed by atoms with van der Waals surface area (Å²) < 4.78 is 0.584. The highest BCUT2D eigenvalue weighted by atomic mass is 79.9. The quantitative estimate of drug-likeness (QED) is 0.741. The normalized spacial score (nSPS) is 15.4. The molecule has 4 N–H and O–H groups in total. The molecule has 0 unspecified atom stereocenters. The van der Waals surface area contributed by atoms with Crippen LogP contribution in [0.5, 0.6) is 5.75 Å². The van der Waals surface area contributed by atoms with E-state index in [9.17, 15) is 10.2 Å². The molecule has 0 bridgehead atoms. The van der Waals surface area contributed by atoms with Gasteiger partial charge in [0.25, 0.3) is 0 Å². The standard InChI is InChI=1S/C9H12BrNO2/c1-5(12)9(11)6-2-3-8(13)7(10)4-6/h2-5,9,12-13H,11H2,1H3/t5-,9+/m1/s1. The van der Waals surface area contributed by atoms with Crippen LogP contribution in [0.3, 0.4) is 0 Å². The van der Waals surface area contributed by atoms with Crippen molar-refractivity contribution in [3.05, 3.63) is 28.2 Å². The molecule has 3 nitrogen and oxygen atoms in total. The molecule has 0 aliphatic heterocycles. The average Bonchev–Trinajstić information content (AvgIpc) is 2.08. The number of halogens is 1. The molecule has 0 heterocycles. The van der Waals surface area contributed by atoms with E-state index in [0.29, 0.717) is 4.47 Å². The lowest BCUT2D eigenvalue weighted by atomic mass is 10.0. The fourth-order valence-electron chi connectivity index (χ4n) is 1.01. The minimum Gasteiger partial charge on any atom is -0.507 e. The summed E-state index contributed by atoms with van der Waals surface area (Å²) in [7, 11) is 0. The summed E-state index contributed by atoms with van der Waals surface area (Å²) in [6.07, 6.45) is -0.601. The van der Waals surface area contributed by atoms with E-state index in [4.69, 9.17) is 5.73 Å². The van der Waals surface area contributed by atoms with Crippen molar-refractivity contribution in [2.45, 2.75) is 19.1 Å². The third kappa shape index (κ3) is 2.43. The Hall–Kier alpha value is -0.580. The lowest BCUT2D eigenvalue weighted by Crippen LogP contribution is -2.22. The fraction of sp³-hybridized carbons (Fsp3) is 0.333. The number of aliphatic hydroxyl groups excluding tert-OH is 1. The third-order valence-electron chi connectivity index (χ3n) is 1.88. The summed E-state index contributed by atoms with van der Waals surface area (Å²) in [4.78, 5) is 0. The zero-order chi connectivity index (χ0) is 10.0. The maximum absolute atomic E-state index is 9.23. The number of phenols is 1. The predicted octanol–water partition coefficient (Wildman–Crippen LogP) is 1.54. The molecule has 2 atom stereocenters. The molecule has 0 spiro atoms. The van der Waals surface area contributed by atoms with Gasteiger partial charge >= 0.3 is 0 Å². The maximum Gasteiger partial charge on any atom is 0.129 e. The predicted molar refractivity (Wildman–Crippen MR) is 54.4 cm³/mol. The fourth-order valence-corrected chi connectivity index (χ4v) is 1.41. The van der Waals surface area contributed by atoms with Gasteiger partial charge in [-0.05, 0) is 40.5 Å².